The van der Waals surface area contributed by atoms with Crippen molar-refractivity contribution >= 4 is 27.3 Å². The average molecular weight is 433 g/mol. The first-order valence-corrected chi connectivity index (χ1v) is 11.0. The van der Waals surface area contributed by atoms with Gasteiger partial charge >= 0.3 is 0 Å². The summed E-state index contributed by atoms with van der Waals surface area (Å²) in [4.78, 5) is 22.8. The molecule has 1 aliphatic carbocycles. The van der Waals surface area contributed by atoms with Gasteiger partial charge in [-0.2, -0.15) is 0 Å². The Hall–Kier alpha value is -2.98. The van der Waals surface area contributed by atoms with Crippen molar-refractivity contribution in [2.75, 3.05) is 12.4 Å². The van der Waals surface area contributed by atoms with Crippen LogP contribution in [0.25, 0.3) is 0 Å². The molecule has 3 rings (SSSR count). The number of rotatable bonds is 7. The molecule has 2 aromatic carbocycles. The van der Waals surface area contributed by atoms with E-state index in [1.54, 1.807) is 0 Å². The first-order valence-electron chi connectivity index (χ1n) is 9.56. The maximum absolute atomic E-state index is 12.9. The number of non-ortho nitro benzene ring substituents is 1. The van der Waals surface area contributed by atoms with Gasteiger partial charge in [0.1, 0.15) is 10.6 Å². The Bertz CT molecular complexity index is 1050. The summed E-state index contributed by atoms with van der Waals surface area (Å²) < 4.78 is 33.8. The van der Waals surface area contributed by atoms with Crippen molar-refractivity contribution in [2.45, 2.75) is 43.0 Å². The van der Waals surface area contributed by atoms with E-state index in [0.29, 0.717) is 0 Å². The molecule has 160 valence electrons. The Kier molecular flexibility index (Phi) is 6.68. The fraction of sp³-hybridized carbons (Fsp3) is 0.350. The second-order valence-corrected chi connectivity index (χ2v) is 8.77. The molecule has 2 N–H and O–H groups in total. The molecular weight excluding hydrogens is 410 g/mol. The standard InChI is InChI=1S/C20H23N3O6S/c1-29-18-11-10-14(20(24)21-16-8-5-9-17(13-16)23(25)26)12-19(18)30(27,28)22-15-6-3-2-4-7-15/h5,8-13,15,22H,2-4,6-7H2,1H3,(H,21,24). The highest BCUT2D eigenvalue weighted by Gasteiger charge is 2.26. The van der Waals surface area contributed by atoms with Gasteiger partial charge in [0.05, 0.1) is 12.0 Å². The molecule has 30 heavy (non-hydrogen) atoms. The summed E-state index contributed by atoms with van der Waals surface area (Å²) in [5.74, 6) is -0.461. The lowest BCUT2D eigenvalue weighted by molar-refractivity contribution is -0.384. The van der Waals surface area contributed by atoms with Crippen LogP contribution in [0.5, 0.6) is 5.75 Å². The van der Waals surface area contributed by atoms with Crippen LogP contribution in [0.3, 0.4) is 0 Å². The number of benzene rings is 2. The molecule has 0 aliphatic heterocycles. The van der Waals surface area contributed by atoms with Crippen molar-refractivity contribution in [1.82, 2.24) is 4.72 Å². The molecule has 0 spiro atoms. The van der Waals surface area contributed by atoms with E-state index >= 15 is 0 Å². The van der Waals surface area contributed by atoms with E-state index in [1.807, 2.05) is 0 Å². The zero-order valence-corrected chi connectivity index (χ0v) is 17.3. The van der Waals surface area contributed by atoms with Gasteiger partial charge in [-0.3, -0.25) is 14.9 Å². The van der Waals surface area contributed by atoms with Gasteiger partial charge in [-0.1, -0.05) is 25.3 Å². The Balaban J connectivity index is 1.85. The number of hydrogen-bond donors (Lipinski definition) is 2. The third-order valence-electron chi connectivity index (χ3n) is 4.96. The second-order valence-electron chi connectivity index (χ2n) is 7.08. The van der Waals surface area contributed by atoms with Crippen LogP contribution in [0.15, 0.2) is 47.4 Å². The topological polar surface area (TPSA) is 128 Å². The summed E-state index contributed by atoms with van der Waals surface area (Å²) >= 11 is 0. The number of nitrogens with zero attached hydrogens (tertiary/aromatic N) is 1. The van der Waals surface area contributed by atoms with Crippen LogP contribution in [0.4, 0.5) is 11.4 Å². The number of anilines is 1. The summed E-state index contributed by atoms with van der Waals surface area (Å²) in [5, 5.41) is 13.5. The molecule has 0 atom stereocenters. The number of amides is 1. The third-order valence-corrected chi connectivity index (χ3v) is 6.50. The number of nitro groups is 1. The summed E-state index contributed by atoms with van der Waals surface area (Å²) in [6.45, 7) is 0. The highest BCUT2D eigenvalue weighted by molar-refractivity contribution is 7.89. The first-order chi connectivity index (χ1) is 14.3. The number of methoxy groups -OCH3 is 1. The highest BCUT2D eigenvalue weighted by Crippen LogP contribution is 2.27. The van der Waals surface area contributed by atoms with Crippen molar-refractivity contribution in [3.05, 3.63) is 58.1 Å². The predicted octanol–water partition coefficient (Wildman–Crippen LogP) is 3.47. The van der Waals surface area contributed by atoms with Crippen LogP contribution in [-0.4, -0.2) is 32.4 Å². The molecule has 0 bridgehead atoms. The fourth-order valence-corrected chi connectivity index (χ4v) is 4.93. The van der Waals surface area contributed by atoms with Gasteiger partial charge in [-0.25, -0.2) is 13.1 Å². The molecule has 1 saturated carbocycles. The van der Waals surface area contributed by atoms with Gasteiger partial charge in [-0.05, 0) is 37.1 Å². The first kappa shape index (κ1) is 21.7. The van der Waals surface area contributed by atoms with Gasteiger partial charge in [0.25, 0.3) is 11.6 Å². The van der Waals surface area contributed by atoms with Gasteiger partial charge in [-0.15, -0.1) is 0 Å². The van der Waals surface area contributed by atoms with E-state index in [1.165, 1.54) is 49.6 Å². The fourth-order valence-electron chi connectivity index (χ4n) is 3.43. The van der Waals surface area contributed by atoms with Crippen LogP contribution < -0.4 is 14.8 Å². The predicted molar refractivity (Wildman–Crippen MR) is 111 cm³/mol. The summed E-state index contributed by atoms with van der Waals surface area (Å²) in [6, 6.07) is 9.45. The van der Waals surface area contributed by atoms with Gasteiger partial charge in [0.15, 0.2) is 0 Å². The Morgan fingerprint density at radius 1 is 1.13 bits per heavy atom. The lowest BCUT2D eigenvalue weighted by atomic mass is 9.96. The third kappa shape index (κ3) is 5.14. The number of ether oxygens (including phenoxy) is 1. The minimum absolute atomic E-state index is 0.0892. The summed E-state index contributed by atoms with van der Waals surface area (Å²) in [6.07, 6.45) is 4.57. The zero-order valence-electron chi connectivity index (χ0n) is 16.5. The normalized spacial score (nSPS) is 14.8. The minimum Gasteiger partial charge on any atom is -0.495 e. The lowest BCUT2D eigenvalue weighted by Crippen LogP contribution is -2.36. The van der Waals surface area contributed by atoms with Crippen molar-refractivity contribution in [3.8, 4) is 5.75 Å². The van der Waals surface area contributed by atoms with Gasteiger partial charge in [0, 0.05) is 29.4 Å². The Labute approximate surface area is 174 Å². The Morgan fingerprint density at radius 3 is 2.53 bits per heavy atom. The van der Waals surface area contributed by atoms with Crippen LogP contribution in [0.2, 0.25) is 0 Å². The number of hydrogen-bond acceptors (Lipinski definition) is 6. The van der Waals surface area contributed by atoms with Crippen LogP contribution >= 0.6 is 0 Å². The van der Waals surface area contributed by atoms with Crippen molar-refractivity contribution < 1.29 is 22.9 Å². The Morgan fingerprint density at radius 2 is 1.87 bits per heavy atom. The van der Waals surface area contributed by atoms with E-state index in [0.717, 1.165) is 32.1 Å². The maximum atomic E-state index is 12.9. The molecule has 1 fully saturated rings. The van der Waals surface area contributed by atoms with Crippen molar-refractivity contribution in [3.63, 3.8) is 0 Å². The number of carbonyl (C=O) groups is 1. The minimum atomic E-state index is -3.89. The van der Waals surface area contributed by atoms with Crippen LogP contribution in [0, 0.1) is 10.1 Å². The number of nitro benzene ring substituents is 1. The largest absolute Gasteiger partial charge is 0.495 e. The van der Waals surface area contributed by atoms with E-state index < -0.39 is 20.9 Å². The molecular formula is C20H23N3O6S. The van der Waals surface area contributed by atoms with E-state index in [4.69, 9.17) is 4.74 Å². The molecule has 9 nitrogen and oxygen atoms in total. The molecule has 10 heteroatoms. The van der Waals surface area contributed by atoms with Crippen molar-refractivity contribution in [2.24, 2.45) is 0 Å². The number of nitrogens with one attached hydrogen (secondary N) is 2. The molecule has 0 heterocycles. The van der Waals surface area contributed by atoms with Crippen LogP contribution in [-0.2, 0) is 10.0 Å². The lowest BCUT2D eigenvalue weighted by Gasteiger charge is -2.23. The summed E-state index contributed by atoms with van der Waals surface area (Å²) in [7, 11) is -2.53. The second kappa shape index (κ2) is 9.23. The molecule has 0 saturated heterocycles. The number of carbonyl (C=O) groups excluding carboxylic acids is 1. The van der Waals surface area contributed by atoms with Crippen LogP contribution in [0.1, 0.15) is 42.5 Å². The monoisotopic (exact) mass is 433 g/mol. The maximum Gasteiger partial charge on any atom is 0.271 e. The zero-order chi connectivity index (χ0) is 21.7. The van der Waals surface area contributed by atoms with Gasteiger partial charge < -0.3 is 10.1 Å². The van der Waals surface area contributed by atoms with E-state index in [9.17, 15) is 23.3 Å². The highest BCUT2D eigenvalue weighted by atomic mass is 32.2. The molecule has 1 amide bonds. The molecule has 0 aromatic heterocycles. The number of sulfonamides is 1. The van der Waals surface area contributed by atoms with E-state index in [-0.39, 0.29) is 33.6 Å². The molecule has 2 aromatic rings. The average Bonchev–Trinajstić information content (AvgIpc) is 2.73. The van der Waals surface area contributed by atoms with Crippen molar-refractivity contribution in [1.29, 1.82) is 0 Å². The quantitative estimate of drug-likeness (QED) is 0.508. The summed E-state index contributed by atoms with van der Waals surface area (Å²) in [5.41, 5.74) is 0.156. The van der Waals surface area contributed by atoms with Gasteiger partial charge in [0.2, 0.25) is 10.0 Å². The molecule has 0 radical (unpaired) electrons. The smallest absolute Gasteiger partial charge is 0.271 e. The molecule has 1 aliphatic rings. The SMILES string of the molecule is COc1ccc(C(=O)Nc2cccc([N+](=O)[O-])c2)cc1S(=O)(=O)NC1CCCCC1. The van der Waals surface area contributed by atoms with E-state index in [2.05, 4.69) is 10.0 Å². The molecule has 0 unspecified atom stereocenters.